The fourth-order valence-corrected chi connectivity index (χ4v) is 4.50. The van der Waals surface area contributed by atoms with E-state index in [0.717, 1.165) is 48.9 Å². The number of aryl methyl sites for hydroxylation is 1. The van der Waals surface area contributed by atoms with E-state index in [1.165, 1.54) is 25.2 Å². The van der Waals surface area contributed by atoms with Crippen LogP contribution in [-0.2, 0) is 18.0 Å². The van der Waals surface area contributed by atoms with E-state index >= 15 is 0 Å². The molecular formula is C23H24F2N6O2S. The molecule has 5 rings (SSSR count). The lowest BCUT2D eigenvalue weighted by Crippen LogP contribution is -2.27. The maximum absolute atomic E-state index is 12.7. The summed E-state index contributed by atoms with van der Waals surface area (Å²) in [5.74, 6) is -0.512. The molecule has 0 saturated carbocycles. The third-order valence-electron chi connectivity index (χ3n) is 5.58. The number of benzene rings is 1. The number of aromatic nitrogens is 4. The van der Waals surface area contributed by atoms with Crippen molar-refractivity contribution in [3.8, 4) is 0 Å². The van der Waals surface area contributed by atoms with Gasteiger partial charge in [0.05, 0.1) is 23.5 Å². The summed E-state index contributed by atoms with van der Waals surface area (Å²) in [4.78, 5) is 19.1. The van der Waals surface area contributed by atoms with E-state index in [0.29, 0.717) is 16.1 Å². The van der Waals surface area contributed by atoms with E-state index < -0.39 is 28.5 Å². The average Bonchev–Trinajstić information content (AvgIpc) is 3.57. The molecule has 1 aliphatic rings. The third kappa shape index (κ3) is 5.14. The first-order valence-electron chi connectivity index (χ1n) is 10.7. The number of carbonyl (C=O) groups excluding carboxylic acids is 1. The lowest BCUT2D eigenvalue weighted by molar-refractivity contribution is 0.0984. The first-order valence-corrected chi connectivity index (χ1v) is 11.8. The van der Waals surface area contributed by atoms with E-state index in [4.69, 9.17) is 0 Å². The van der Waals surface area contributed by atoms with Crippen LogP contribution in [0, 0.1) is 18.6 Å². The van der Waals surface area contributed by atoms with Crippen LogP contribution < -0.4 is 9.62 Å². The monoisotopic (exact) mass is 486 g/mol. The van der Waals surface area contributed by atoms with Crippen molar-refractivity contribution in [2.24, 2.45) is 7.05 Å². The van der Waals surface area contributed by atoms with Crippen LogP contribution in [-0.4, -0.2) is 42.4 Å². The van der Waals surface area contributed by atoms with Gasteiger partial charge in [0.25, 0.3) is 5.91 Å². The van der Waals surface area contributed by atoms with Gasteiger partial charge < -0.3 is 9.47 Å². The molecule has 11 heteroatoms. The van der Waals surface area contributed by atoms with Gasteiger partial charge in [-0.15, -0.1) is 0 Å². The second-order valence-electron chi connectivity index (χ2n) is 7.81. The molecule has 34 heavy (non-hydrogen) atoms. The summed E-state index contributed by atoms with van der Waals surface area (Å²) in [6.07, 6.45) is 7.22. The lowest BCUT2D eigenvalue weighted by atomic mass is 10.2. The highest BCUT2D eigenvalue weighted by Gasteiger charge is 2.20. The molecule has 1 unspecified atom stereocenters. The summed E-state index contributed by atoms with van der Waals surface area (Å²) in [6.45, 7) is 3.86. The number of nitrogens with zero attached hydrogens (tertiary/aromatic N) is 5. The van der Waals surface area contributed by atoms with Crippen molar-refractivity contribution in [3.05, 3.63) is 78.0 Å². The molecule has 178 valence electrons. The number of anilines is 1. The molecular weight excluding hydrogens is 462 g/mol. The molecule has 0 radical (unpaired) electrons. The SMILES string of the molecule is Cc1ncc(S(=O)NC(=O)c2cnn3ccc(N4CCCC4)cc23)n1C.Fc1ccc(F)cc1. The predicted molar refractivity (Wildman–Crippen MR) is 125 cm³/mol. The van der Waals surface area contributed by atoms with Gasteiger partial charge in [-0.1, -0.05) is 0 Å². The van der Waals surface area contributed by atoms with Crippen LogP contribution in [0.1, 0.15) is 29.0 Å². The van der Waals surface area contributed by atoms with Crippen LogP contribution in [0.15, 0.2) is 60.0 Å². The molecule has 8 nitrogen and oxygen atoms in total. The fraction of sp³-hybridized carbons (Fsp3) is 0.261. The normalized spacial score (nSPS) is 14.1. The van der Waals surface area contributed by atoms with Gasteiger partial charge in [-0.3, -0.25) is 9.52 Å². The van der Waals surface area contributed by atoms with Crippen LogP contribution in [0.3, 0.4) is 0 Å². The Hall–Kier alpha value is -3.60. The van der Waals surface area contributed by atoms with Crippen molar-refractivity contribution in [1.82, 2.24) is 23.9 Å². The highest BCUT2D eigenvalue weighted by Crippen LogP contribution is 2.23. The number of rotatable bonds is 4. The van der Waals surface area contributed by atoms with Crippen LogP contribution in [0.2, 0.25) is 0 Å². The number of imidazole rings is 1. The molecule has 4 aromatic rings. The molecule has 1 aromatic carbocycles. The molecule has 1 saturated heterocycles. The molecule has 1 aliphatic heterocycles. The molecule has 1 fully saturated rings. The minimum atomic E-state index is -1.69. The number of amides is 1. The van der Waals surface area contributed by atoms with Crippen molar-refractivity contribution >= 4 is 28.1 Å². The second-order valence-corrected chi connectivity index (χ2v) is 8.97. The molecule has 1 N–H and O–H groups in total. The highest BCUT2D eigenvalue weighted by atomic mass is 32.2. The largest absolute Gasteiger partial charge is 0.371 e. The Bertz CT molecular complexity index is 1310. The number of hydrogen-bond donors (Lipinski definition) is 1. The van der Waals surface area contributed by atoms with Crippen molar-refractivity contribution in [3.63, 3.8) is 0 Å². The van der Waals surface area contributed by atoms with Gasteiger partial charge in [0.1, 0.15) is 22.5 Å². The number of nitrogens with one attached hydrogen (secondary N) is 1. The molecule has 0 aliphatic carbocycles. The van der Waals surface area contributed by atoms with E-state index in [-0.39, 0.29) is 0 Å². The Labute approximate surface area is 197 Å². The van der Waals surface area contributed by atoms with E-state index in [2.05, 4.69) is 19.7 Å². The fourth-order valence-electron chi connectivity index (χ4n) is 3.59. The molecule has 1 amide bonds. The summed E-state index contributed by atoms with van der Waals surface area (Å²) < 4.78 is 42.2. The minimum Gasteiger partial charge on any atom is -0.371 e. The van der Waals surface area contributed by atoms with Crippen LogP contribution in [0.25, 0.3) is 5.52 Å². The highest BCUT2D eigenvalue weighted by molar-refractivity contribution is 7.83. The zero-order chi connectivity index (χ0) is 24.2. The third-order valence-corrected chi connectivity index (χ3v) is 6.71. The first kappa shape index (κ1) is 23.6. The number of fused-ring (bicyclic) bond motifs is 1. The van der Waals surface area contributed by atoms with Crippen molar-refractivity contribution in [2.75, 3.05) is 18.0 Å². The van der Waals surface area contributed by atoms with Gasteiger partial charge >= 0.3 is 0 Å². The average molecular weight is 487 g/mol. The number of halogens is 2. The van der Waals surface area contributed by atoms with Gasteiger partial charge in [0.2, 0.25) is 0 Å². The summed E-state index contributed by atoms with van der Waals surface area (Å²) >= 11 is 0. The smallest absolute Gasteiger partial charge is 0.267 e. The summed E-state index contributed by atoms with van der Waals surface area (Å²) in [5.41, 5.74) is 2.18. The second kappa shape index (κ2) is 10.1. The number of carbonyl (C=O) groups is 1. The van der Waals surface area contributed by atoms with E-state index in [1.807, 2.05) is 25.3 Å². The van der Waals surface area contributed by atoms with Crippen LogP contribution in [0.4, 0.5) is 14.5 Å². The Morgan fingerprint density at radius 1 is 1.06 bits per heavy atom. The lowest BCUT2D eigenvalue weighted by Gasteiger charge is -2.17. The maximum atomic E-state index is 12.7. The predicted octanol–water partition coefficient (Wildman–Crippen LogP) is 3.39. The quantitative estimate of drug-likeness (QED) is 0.478. The van der Waals surface area contributed by atoms with E-state index in [1.54, 1.807) is 16.1 Å². The first-order chi connectivity index (χ1) is 16.3. The van der Waals surface area contributed by atoms with Crippen molar-refractivity contribution in [2.45, 2.75) is 24.8 Å². The van der Waals surface area contributed by atoms with Crippen molar-refractivity contribution in [1.29, 1.82) is 0 Å². The summed E-state index contributed by atoms with van der Waals surface area (Å²) in [5, 5.41) is 4.68. The minimum absolute atomic E-state index is 0.401. The number of hydrogen-bond acceptors (Lipinski definition) is 5. The Morgan fingerprint density at radius 3 is 2.29 bits per heavy atom. The topological polar surface area (TPSA) is 84.5 Å². The molecule has 1 atom stereocenters. The van der Waals surface area contributed by atoms with Gasteiger partial charge in [-0.05, 0) is 56.2 Å². The van der Waals surface area contributed by atoms with Gasteiger partial charge in [0.15, 0.2) is 11.0 Å². The van der Waals surface area contributed by atoms with Gasteiger partial charge in [-0.25, -0.2) is 22.5 Å². The van der Waals surface area contributed by atoms with Crippen LogP contribution >= 0.6 is 0 Å². The Morgan fingerprint density at radius 2 is 1.71 bits per heavy atom. The zero-order valence-corrected chi connectivity index (χ0v) is 19.6. The zero-order valence-electron chi connectivity index (χ0n) is 18.7. The summed E-state index contributed by atoms with van der Waals surface area (Å²) in [7, 11) is 0.0776. The molecule has 0 spiro atoms. The maximum Gasteiger partial charge on any atom is 0.267 e. The molecule has 4 heterocycles. The van der Waals surface area contributed by atoms with Gasteiger partial charge in [-0.2, -0.15) is 5.10 Å². The van der Waals surface area contributed by atoms with Crippen molar-refractivity contribution < 1.29 is 17.8 Å². The Balaban J connectivity index is 0.000000291. The molecule has 3 aromatic heterocycles. The summed E-state index contributed by atoms with van der Waals surface area (Å²) in [6, 6.07) is 8.28. The standard InChI is InChI=1S/C17H20N6O2S.C6H4F2/c1-12-18-11-16(21(12)2)26(25)20-17(24)14-10-19-23-8-5-13(9-15(14)23)22-6-3-4-7-22;7-5-1-2-6(8)4-3-5/h5,8-11H,3-4,6-7H2,1-2H3,(H,20,24);1-4H. The van der Waals surface area contributed by atoms with Gasteiger partial charge in [0, 0.05) is 32.0 Å². The van der Waals surface area contributed by atoms with Crippen LogP contribution in [0.5, 0.6) is 0 Å². The Kier molecular flexibility index (Phi) is 7.01. The molecule has 0 bridgehead atoms. The number of pyridine rings is 1. The van der Waals surface area contributed by atoms with E-state index in [9.17, 15) is 17.8 Å².